The quantitative estimate of drug-likeness (QED) is 0.0987. The average Bonchev–Trinajstić information content (AvgIpc) is 2.81. The molecule has 6 nitrogen and oxygen atoms in total. The molecule has 0 amide bonds. The van der Waals surface area contributed by atoms with Crippen LogP contribution in [0.15, 0.2) is 0 Å². The summed E-state index contributed by atoms with van der Waals surface area (Å²) in [6, 6.07) is 0. The number of hydrogen-bond donors (Lipinski definition) is 0. The van der Waals surface area contributed by atoms with Crippen molar-refractivity contribution in [3.05, 3.63) is 0 Å². The van der Waals surface area contributed by atoms with Gasteiger partial charge in [0.25, 0.3) is 0 Å². The average molecular weight is 629 g/mol. The summed E-state index contributed by atoms with van der Waals surface area (Å²) in [6.45, 7) is 42.9. The van der Waals surface area contributed by atoms with Gasteiger partial charge in [-0.1, -0.05) is 69.2 Å². The van der Waals surface area contributed by atoms with Crippen molar-refractivity contribution in [1.82, 2.24) is 0 Å². The molecule has 264 valence electrons. The highest BCUT2D eigenvalue weighted by atomic mass is 16.6. The van der Waals surface area contributed by atoms with Crippen molar-refractivity contribution in [3.63, 3.8) is 0 Å². The zero-order chi connectivity index (χ0) is 35.0. The normalized spacial score (nSPS) is 17.0. The summed E-state index contributed by atoms with van der Waals surface area (Å²) in [7, 11) is 0. The summed E-state index contributed by atoms with van der Waals surface area (Å²) in [4.78, 5) is 12.9. The molecule has 0 rings (SSSR count). The number of esters is 1. The van der Waals surface area contributed by atoms with E-state index in [4.69, 9.17) is 23.7 Å². The molecule has 0 aromatic heterocycles. The Morgan fingerprint density at radius 3 is 1.68 bits per heavy atom. The third-order valence-electron chi connectivity index (χ3n) is 10.0. The Hall–Kier alpha value is -0.690. The van der Waals surface area contributed by atoms with Crippen molar-refractivity contribution < 1.29 is 28.5 Å². The zero-order valence-electron chi connectivity index (χ0n) is 32.8. The second-order valence-corrected chi connectivity index (χ2v) is 18.4. The lowest BCUT2D eigenvalue weighted by atomic mass is 9.69. The lowest BCUT2D eigenvalue weighted by Gasteiger charge is -2.48. The van der Waals surface area contributed by atoms with E-state index in [1.807, 2.05) is 0 Å². The molecule has 0 spiro atoms. The Balaban J connectivity index is 5.04. The van der Waals surface area contributed by atoms with Crippen molar-refractivity contribution in [3.8, 4) is 0 Å². The molecule has 6 heteroatoms. The van der Waals surface area contributed by atoms with E-state index in [0.29, 0.717) is 19.8 Å². The smallest absolute Gasteiger partial charge is 0.309 e. The molecule has 0 aromatic carbocycles. The lowest BCUT2D eigenvalue weighted by molar-refractivity contribution is -0.181. The first kappa shape index (κ1) is 43.3. The molecule has 0 radical (unpaired) electrons. The van der Waals surface area contributed by atoms with Gasteiger partial charge in [-0.15, -0.1) is 0 Å². The van der Waals surface area contributed by atoms with E-state index in [9.17, 15) is 4.79 Å². The van der Waals surface area contributed by atoms with Crippen molar-refractivity contribution >= 4 is 5.97 Å². The highest BCUT2D eigenvalue weighted by Crippen LogP contribution is 2.44. The molecule has 0 N–H and O–H groups in total. The summed E-state index contributed by atoms with van der Waals surface area (Å²) in [5.74, 6) is -0.282. The number of rotatable bonds is 20. The van der Waals surface area contributed by atoms with Gasteiger partial charge in [0.15, 0.2) is 0 Å². The van der Waals surface area contributed by atoms with Crippen LogP contribution in [0.2, 0.25) is 0 Å². The third kappa shape index (κ3) is 14.8. The molecular weight excluding hydrogens is 552 g/mol. The van der Waals surface area contributed by atoms with Gasteiger partial charge in [0.1, 0.15) is 6.61 Å². The monoisotopic (exact) mass is 629 g/mol. The van der Waals surface area contributed by atoms with Gasteiger partial charge in [0, 0.05) is 5.41 Å². The Kier molecular flexibility index (Phi) is 16.2. The summed E-state index contributed by atoms with van der Waals surface area (Å²) in [5, 5.41) is 0. The number of carbonyl (C=O) groups excluding carboxylic acids is 1. The predicted molar refractivity (Wildman–Crippen MR) is 185 cm³/mol. The Labute approximate surface area is 274 Å². The first-order chi connectivity index (χ1) is 19.5. The van der Waals surface area contributed by atoms with E-state index in [1.165, 1.54) is 0 Å². The van der Waals surface area contributed by atoms with Crippen LogP contribution in [0.5, 0.6) is 0 Å². The predicted octanol–water partition coefficient (Wildman–Crippen LogP) is 10.0. The first-order valence-electron chi connectivity index (χ1n) is 17.2. The van der Waals surface area contributed by atoms with Gasteiger partial charge in [-0.25, -0.2) is 0 Å². The Morgan fingerprint density at radius 2 is 1.23 bits per heavy atom. The van der Waals surface area contributed by atoms with Crippen LogP contribution in [0.1, 0.15) is 157 Å². The fourth-order valence-electron chi connectivity index (χ4n) is 5.42. The van der Waals surface area contributed by atoms with Crippen molar-refractivity contribution in [2.45, 2.75) is 186 Å². The van der Waals surface area contributed by atoms with Crippen LogP contribution in [-0.4, -0.2) is 61.4 Å². The topological polar surface area (TPSA) is 63.2 Å². The minimum absolute atomic E-state index is 0.0538. The molecule has 0 aliphatic heterocycles. The molecule has 0 heterocycles. The molecule has 0 bridgehead atoms. The van der Waals surface area contributed by atoms with E-state index in [2.05, 4.69) is 132 Å². The number of ether oxygens (including phenoxy) is 5. The number of hydrogen-bond acceptors (Lipinski definition) is 6. The largest absolute Gasteiger partial charge is 0.463 e. The summed E-state index contributed by atoms with van der Waals surface area (Å²) < 4.78 is 31.2. The second kappa shape index (κ2) is 16.4. The molecule has 44 heavy (non-hydrogen) atoms. The van der Waals surface area contributed by atoms with Crippen LogP contribution in [0, 0.1) is 27.6 Å². The fraction of sp³-hybridized carbons (Fsp3) is 0.974. The Bertz CT molecular complexity index is 842. The maximum atomic E-state index is 12.9. The van der Waals surface area contributed by atoms with Gasteiger partial charge in [0.05, 0.1) is 54.7 Å². The van der Waals surface area contributed by atoms with E-state index in [0.717, 1.165) is 25.7 Å². The maximum absolute atomic E-state index is 12.9. The van der Waals surface area contributed by atoms with Crippen LogP contribution < -0.4 is 0 Å². The minimum Gasteiger partial charge on any atom is -0.463 e. The van der Waals surface area contributed by atoms with E-state index >= 15 is 0 Å². The Morgan fingerprint density at radius 1 is 0.682 bits per heavy atom. The van der Waals surface area contributed by atoms with Crippen LogP contribution in [0.4, 0.5) is 0 Å². The summed E-state index contributed by atoms with van der Waals surface area (Å²) >= 11 is 0. The highest BCUT2D eigenvalue weighted by molar-refractivity contribution is 5.73. The number of carbonyl (C=O) groups is 1. The van der Waals surface area contributed by atoms with Gasteiger partial charge < -0.3 is 23.7 Å². The summed E-state index contributed by atoms with van der Waals surface area (Å²) in [6.07, 6.45) is 3.64. The molecule has 0 saturated carbocycles. The second-order valence-electron chi connectivity index (χ2n) is 18.4. The standard InChI is InChI=1S/C38H76O6/c1-20-38(19,25-29(4)44-36(15,16)34(11,12)27-41-28(2)3)37(17,18)43-22-21-35(13,14)42-24-23-40-31(39)30(33(8,9)10)26-32(5,6)7/h28-30H,20-27H2,1-19H3. The molecule has 0 saturated heterocycles. The van der Waals surface area contributed by atoms with Crippen molar-refractivity contribution in [2.24, 2.45) is 27.6 Å². The van der Waals surface area contributed by atoms with Gasteiger partial charge in [0.2, 0.25) is 0 Å². The van der Waals surface area contributed by atoms with E-state index in [-0.39, 0.29) is 63.6 Å². The molecule has 0 aliphatic carbocycles. The van der Waals surface area contributed by atoms with Gasteiger partial charge in [-0.2, -0.15) is 0 Å². The van der Waals surface area contributed by atoms with Gasteiger partial charge in [-0.3, -0.25) is 4.79 Å². The van der Waals surface area contributed by atoms with Crippen LogP contribution in [-0.2, 0) is 28.5 Å². The van der Waals surface area contributed by atoms with Crippen LogP contribution in [0.3, 0.4) is 0 Å². The summed E-state index contributed by atoms with van der Waals surface area (Å²) in [5.41, 5.74) is -1.43. The molecule has 0 fully saturated rings. The maximum Gasteiger partial charge on any atom is 0.309 e. The molecular formula is C38H76O6. The lowest BCUT2D eigenvalue weighted by Crippen LogP contribution is -2.50. The van der Waals surface area contributed by atoms with E-state index in [1.54, 1.807) is 0 Å². The molecule has 0 aromatic rings. The SMILES string of the molecule is CCC(C)(CC(C)OC(C)(C)C(C)(C)COC(C)C)C(C)(C)OCCC(C)(C)OCCOC(=O)C(CC(C)(C)C)C(C)(C)C. The first-order valence-corrected chi connectivity index (χ1v) is 17.2. The van der Waals surface area contributed by atoms with Crippen molar-refractivity contribution in [2.75, 3.05) is 26.4 Å². The minimum atomic E-state index is -0.399. The van der Waals surface area contributed by atoms with Crippen LogP contribution in [0.25, 0.3) is 0 Å². The molecule has 0 aliphatic rings. The van der Waals surface area contributed by atoms with Crippen molar-refractivity contribution in [1.29, 1.82) is 0 Å². The molecule has 3 atom stereocenters. The zero-order valence-corrected chi connectivity index (χ0v) is 32.8. The fourth-order valence-corrected chi connectivity index (χ4v) is 5.42. The van der Waals surface area contributed by atoms with Crippen LogP contribution >= 0.6 is 0 Å². The van der Waals surface area contributed by atoms with Gasteiger partial charge in [-0.05, 0) is 104 Å². The molecule has 3 unspecified atom stereocenters. The van der Waals surface area contributed by atoms with Gasteiger partial charge >= 0.3 is 5.97 Å². The third-order valence-corrected chi connectivity index (χ3v) is 10.0. The van der Waals surface area contributed by atoms with E-state index < -0.39 is 5.60 Å². The highest BCUT2D eigenvalue weighted by Gasteiger charge is 2.45.